The van der Waals surface area contributed by atoms with Crippen molar-refractivity contribution in [2.75, 3.05) is 0 Å². The fourth-order valence-corrected chi connectivity index (χ4v) is 4.26. The van der Waals surface area contributed by atoms with Gasteiger partial charge in [-0.25, -0.2) is 9.67 Å². The number of carbonyl (C=O) groups is 2. The zero-order valence-corrected chi connectivity index (χ0v) is 19.9. The quantitative estimate of drug-likeness (QED) is 0.401. The van der Waals surface area contributed by atoms with Gasteiger partial charge >= 0.3 is 0 Å². The molecule has 2 fully saturated rings. The smallest absolute Gasteiger partial charge is 0.294 e. The molecular weight excluding hydrogens is 450 g/mol. The van der Waals surface area contributed by atoms with Crippen molar-refractivity contribution in [3.05, 3.63) is 102 Å². The Labute approximate surface area is 209 Å². The van der Waals surface area contributed by atoms with Crippen molar-refractivity contribution >= 4 is 11.8 Å². The first-order chi connectivity index (χ1) is 17.7. The van der Waals surface area contributed by atoms with E-state index in [9.17, 15) is 9.59 Å². The van der Waals surface area contributed by atoms with Crippen molar-refractivity contribution in [2.45, 2.75) is 44.3 Å². The third kappa shape index (κ3) is 4.77. The number of hydrogen-bond acceptors (Lipinski definition) is 4. The van der Waals surface area contributed by atoms with E-state index in [1.165, 1.54) is 0 Å². The number of benzene rings is 3. The van der Waals surface area contributed by atoms with Gasteiger partial charge < -0.3 is 10.2 Å². The SMILES string of the molecule is O=C(NC1CC1)c1ccc(CN(C(=O)c2nc(-c3ccccc3)n(-c3ccccc3)n2)C2CC2)cc1. The third-order valence-electron chi connectivity index (χ3n) is 6.56. The second kappa shape index (κ2) is 9.41. The summed E-state index contributed by atoms with van der Waals surface area (Å²) in [6.45, 7) is 0.453. The average Bonchev–Trinajstić information content (AvgIpc) is 3.87. The minimum atomic E-state index is -0.181. The fraction of sp³-hybridized carbons (Fsp3) is 0.241. The van der Waals surface area contributed by atoms with Gasteiger partial charge in [0.1, 0.15) is 0 Å². The van der Waals surface area contributed by atoms with Crippen LogP contribution in [0.1, 0.15) is 52.2 Å². The summed E-state index contributed by atoms with van der Waals surface area (Å²) in [6.07, 6.45) is 4.06. The minimum Gasteiger partial charge on any atom is -0.349 e. The molecule has 2 saturated carbocycles. The van der Waals surface area contributed by atoms with Crippen molar-refractivity contribution in [3.8, 4) is 17.1 Å². The van der Waals surface area contributed by atoms with Crippen molar-refractivity contribution in [2.24, 2.45) is 0 Å². The lowest BCUT2D eigenvalue weighted by Crippen LogP contribution is -2.33. The zero-order valence-electron chi connectivity index (χ0n) is 19.9. The molecule has 6 rings (SSSR count). The molecule has 1 N–H and O–H groups in total. The average molecular weight is 478 g/mol. The predicted molar refractivity (Wildman–Crippen MR) is 137 cm³/mol. The molecule has 0 saturated heterocycles. The second-order valence-electron chi connectivity index (χ2n) is 9.48. The van der Waals surface area contributed by atoms with Crippen LogP contribution in [-0.2, 0) is 6.54 Å². The highest BCUT2D eigenvalue weighted by Crippen LogP contribution is 2.30. The fourth-order valence-electron chi connectivity index (χ4n) is 4.26. The molecule has 4 aromatic rings. The van der Waals surface area contributed by atoms with E-state index in [4.69, 9.17) is 4.98 Å². The van der Waals surface area contributed by atoms with Crippen LogP contribution in [-0.4, -0.2) is 43.6 Å². The molecule has 180 valence electrons. The molecule has 0 unspecified atom stereocenters. The maximum atomic E-state index is 13.7. The summed E-state index contributed by atoms with van der Waals surface area (Å²) in [4.78, 5) is 32.6. The van der Waals surface area contributed by atoms with Crippen LogP contribution in [0.25, 0.3) is 17.1 Å². The Hall–Kier alpha value is -4.26. The van der Waals surface area contributed by atoms with Crippen LogP contribution in [0.5, 0.6) is 0 Å². The Morgan fingerprint density at radius 3 is 2.17 bits per heavy atom. The van der Waals surface area contributed by atoms with Crippen LogP contribution in [0, 0.1) is 0 Å². The van der Waals surface area contributed by atoms with Crippen LogP contribution in [0.3, 0.4) is 0 Å². The van der Waals surface area contributed by atoms with Gasteiger partial charge in [-0.05, 0) is 55.5 Å². The Morgan fingerprint density at radius 2 is 1.53 bits per heavy atom. The largest absolute Gasteiger partial charge is 0.349 e. The van der Waals surface area contributed by atoms with Gasteiger partial charge in [0.2, 0.25) is 5.82 Å². The van der Waals surface area contributed by atoms with Gasteiger partial charge in [0.05, 0.1) is 5.69 Å². The molecule has 3 aromatic carbocycles. The molecule has 1 aromatic heterocycles. The Bertz CT molecular complexity index is 1320. The van der Waals surface area contributed by atoms with Gasteiger partial charge in [-0.15, -0.1) is 5.10 Å². The monoisotopic (exact) mass is 477 g/mol. The molecule has 0 aliphatic heterocycles. The van der Waals surface area contributed by atoms with E-state index in [-0.39, 0.29) is 23.7 Å². The van der Waals surface area contributed by atoms with Crippen LogP contribution >= 0.6 is 0 Å². The molecule has 2 aliphatic carbocycles. The van der Waals surface area contributed by atoms with Gasteiger partial charge in [0, 0.05) is 29.8 Å². The number of nitrogens with zero attached hydrogens (tertiary/aromatic N) is 4. The van der Waals surface area contributed by atoms with Gasteiger partial charge in [-0.3, -0.25) is 9.59 Å². The third-order valence-corrected chi connectivity index (χ3v) is 6.56. The van der Waals surface area contributed by atoms with Gasteiger partial charge in [0.15, 0.2) is 5.82 Å². The maximum Gasteiger partial charge on any atom is 0.294 e. The molecule has 7 heteroatoms. The lowest BCUT2D eigenvalue weighted by atomic mass is 10.1. The van der Waals surface area contributed by atoms with E-state index in [1.807, 2.05) is 89.8 Å². The summed E-state index contributed by atoms with van der Waals surface area (Å²) in [6, 6.07) is 27.6. The summed E-state index contributed by atoms with van der Waals surface area (Å²) >= 11 is 0. The lowest BCUT2D eigenvalue weighted by molar-refractivity contribution is 0.0717. The minimum absolute atomic E-state index is 0.0386. The van der Waals surface area contributed by atoms with E-state index >= 15 is 0 Å². The zero-order chi connectivity index (χ0) is 24.5. The lowest BCUT2D eigenvalue weighted by Gasteiger charge is -2.21. The van der Waals surface area contributed by atoms with E-state index in [0.717, 1.165) is 42.5 Å². The number of rotatable bonds is 8. The van der Waals surface area contributed by atoms with Crippen LogP contribution < -0.4 is 5.32 Å². The summed E-state index contributed by atoms with van der Waals surface area (Å²) < 4.78 is 1.74. The standard InChI is InChI=1S/C29H27N5O2/c35-28(30-23-15-16-23)22-13-11-20(12-14-22)19-33(24-17-18-24)29(36)26-31-27(21-7-3-1-4-8-21)34(32-26)25-9-5-2-6-10-25/h1-14,23-24H,15-19H2,(H,30,35). The van der Waals surface area contributed by atoms with E-state index in [1.54, 1.807) is 4.68 Å². The topological polar surface area (TPSA) is 80.1 Å². The summed E-state index contributed by atoms with van der Waals surface area (Å²) in [5, 5.41) is 7.67. The van der Waals surface area contributed by atoms with Crippen LogP contribution in [0.2, 0.25) is 0 Å². The Balaban J connectivity index is 1.27. The number of amides is 2. The van der Waals surface area contributed by atoms with Gasteiger partial charge in [-0.2, -0.15) is 0 Å². The first-order valence-electron chi connectivity index (χ1n) is 12.4. The molecule has 36 heavy (non-hydrogen) atoms. The highest BCUT2D eigenvalue weighted by molar-refractivity contribution is 5.94. The molecule has 0 bridgehead atoms. The molecule has 7 nitrogen and oxygen atoms in total. The molecule has 0 spiro atoms. The van der Waals surface area contributed by atoms with E-state index < -0.39 is 0 Å². The number of hydrogen-bond donors (Lipinski definition) is 1. The molecule has 0 radical (unpaired) electrons. The first kappa shape index (κ1) is 22.2. The van der Waals surface area contributed by atoms with Crippen LogP contribution in [0.4, 0.5) is 0 Å². The van der Waals surface area contributed by atoms with Gasteiger partial charge in [0.25, 0.3) is 11.8 Å². The number of para-hydroxylation sites is 1. The highest BCUT2D eigenvalue weighted by atomic mass is 16.2. The molecular formula is C29H27N5O2. The number of carbonyl (C=O) groups excluding carboxylic acids is 2. The van der Waals surface area contributed by atoms with Crippen molar-refractivity contribution in [1.82, 2.24) is 25.0 Å². The van der Waals surface area contributed by atoms with Crippen LogP contribution in [0.15, 0.2) is 84.9 Å². The van der Waals surface area contributed by atoms with Crippen molar-refractivity contribution < 1.29 is 9.59 Å². The van der Waals surface area contributed by atoms with E-state index in [0.29, 0.717) is 24.0 Å². The highest BCUT2D eigenvalue weighted by Gasteiger charge is 2.35. The molecule has 1 heterocycles. The number of aromatic nitrogens is 3. The van der Waals surface area contributed by atoms with E-state index in [2.05, 4.69) is 10.4 Å². The Morgan fingerprint density at radius 1 is 0.861 bits per heavy atom. The van der Waals surface area contributed by atoms with Crippen molar-refractivity contribution in [3.63, 3.8) is 0 Å². The normalized spacial score (nSPS) is 14.9. The second-order valence-corrected chi connectivity index (χ2v) is 9.48. The first-order valence-corrected chi connectivity index (χ1v) is 12.4. The molecule has 2 aliphatic rings. The van der Waals surface area contributed by atoms with Gasteiger partial charge in [-0.1, -0.05) is 60.7 Å². The maximum absolute atomic E-state index is 13.7. The van der Waals surface area contributed by atoms with Crippen molar-refractivity contribution in [1.29, 1.82) is 0 Å². The summed E-state index contributed by atoms with van der Waals surface area (Å²) in [5.41, 5.74) is 3.36. The Kier molecular flexibility index (Phi) is 5.81. The molecule has 0 atom stereocenters. The predicted octanol–water partition coefficient (Wildman–Crippen LogP) is 4.63. The summed E-state index contributed by atoms with van der Waals surface area (Å²) in [5.74, 6) is 0.597. The molecule has 2 amide bonds. The number of nitrogens with one attached hydrogen (secondary N) is 1. The summed E-state index contributed by atoms with van der Waals surface area (Å²) in [7, 11) is 0.